The predicted octanol–water partition coefficient (Wildman–Crippen LogP) is 2.20. The molecule has 0 N–H and O–H groups in total. The zero-order valence-electron chi connectivity index (χ0n) is 8.90. The average Bonchev–Trinajstić information content (AvgIpc) is 2.30. The Morgan fingerprint density at radius 2 is 2.19 bits per heavy atom. The van der Waals surface area contributed by atoms with Crippen LogP contribution in [0, 0.1) is 0 Å². The second kappa shape index (κ2) is 5.65. The van der Waals surface area contributed by atoms with Gasteiger partial charge in [-0.1, -0.05) is 6.07 Å². The molecule has 1 rings (SSSR count). The molecule has 0 saturated carbocycles. The van der Waals surface area contributed by atoms with E-state index in [0.29, 0.717) is 22.1 Å². The molecular weight excluding hydrogens is 276 g/mol. The highest BCUT2D eigenvalue weighted by atomic mass is 79.9. The van der Waals surface area contributed by atoms with Crippen molar-refractivity contribution in [3.05, 3.63) is 28.2 Å². The molecule has 0 fully saturated rings. The smallest absolute Gasteiger partial charge is 0.346 e. The molecule has 0 aliphatic rings. The number of methoxy groups -OCH3 is 1. The minimum Gasteiger partial charge on any atom is -0.477 e. The van der Waals surface area contributed by atoms with E-state index < -0.39 is 12.1 Å². The molecule has 0 saturated heterocycles. The molecule has 5 heteroatoms. The van der Waals surface area contributed by atoms with E-state index in [9.17, 15) is 9.59 Å². The Labute approximate surface area is 102 Å². The van der Waals surface area contributed by atoms with Crippen molar-refractivity contribution in [3.63, 3.8) is 0 Å². The van der Waals surface area contributed by atoms with Crippen LogP contribution in [-0.2, 0) is 9.53 Å². The topological polar surface area (TPSA) is 52.6 Å². The van der Waals surface area contributed by atoms with Gasteiger partial charge in [-0.2, -0.15) is 0 Å². The van der Waals surface area contributed by atoms with Gasteiger partial charge in [-0.15, -0.1) is 0 Å². The molecule has 0 radical (unpaired) electrons. The summed E-state index contributed by atoms with van der Waals surface area (Å²) in [6, 6.07) is 5.05. The van der Waals surface area contributed by atoms with Gasteiger partial charge in [0.25, 0.3) is 0 Å². The monoisotopic (exact) mass is 286 g/mol. The lowest BCUT2D eigenvalue weighted by Crippen LogP contribution is -2.25. The van der Waals surface area contributed by atoms with Crippen molar-refractivity contribution in [2.75, 3.05) is 7.11 Å². The molecule has 0 heterocycles. The number of hydrogen-bond donors (Lipinski definition) is 0. The van der Waals surface area contributed by atoms with Gasteiger partial charge in [0.05, 0.1) is 17.1 Å². The van der Waals surface area contributed by atoms with E-state index in [2.05, 4.69) is 20.7 Å². The van der Waals surface area contributed by atoms with E-state index in [1.165, 1.54) is 7.11 Å². The SMILES string of the molecule is COC(=O)C(C)Oc1c(Br)cccc1C=O. The Balaban J connectivity index is 2.96. The number of benzene rings is 1. The first kappa shape index (κ1) is 12.7. The number of ether oxygens (including phenoxy) is 2. The van der Waals surface area contributed by atoms with Crippen molar-refractivity contribution in [2.45, 2.75) is 13.0 Å². The number of carbonyl (C=O) groups is 2. The van der Waals surface area contributed by atoms with Crippen LogP contribution in [0.15, 0.2) is 22.7 Å². The Bertz CT molecular complexity index is 403. The fraction of sp³-hybridized carbons (Fsp3) is 0.273. The van der Waals surface area contributed by atoms with Gasteiger partial charge in [-0.25, -0.2) is 4.79 Å². The second-order valence-corrected chi connectivity index (χ2v) is 3.91. The maximum absolute atomic E-state index is 11.2. The Hall–Kier alpha value is -1.36. The van der Waals surface area contributed by atoms with Crippen molar-refractivity contribution in [2.24, 2.45) is 0 Å². The molecule has 0 amide bonds. The van der Waals surface area contributed by atoms with Crippen LogP contribution < -0.4 is 4.74 Å². The summed E-state index contributed by atoms with van der Waals surface area (Å²) in [6.45, 7) is 1.56. The van der Waals surface area contributed by atoms with Crippen molar-refractivity contribution in [1.82, 2.24) is 0 Å². The maximum Gasteiger partial charge on any atom is 0.346 e. The van der Waals surface area contributed by atoms with Gasteiger partial charge in [0.15, 0.2) is 12.4 Å². The summed E-state index contributed by atoms with van der Waals surface area (Å²) >= 11 is 3.25. The van der Waals surface area contributed by atoms with Gasteiger partial charge in [0.1, 0.15) is 5.75 Å². The second-order valence-electron chi connectivity index (χ2n) is 3.06. The number of carbonyl (C=O) groups excluding carboxylic acids is 2. The summed E-state index contributed by atoms with van der Waals surface area (Å²) in [7, 11) is 1.28. The minimum absolute atomic E-state index is 0.343. The molecule has 4 nitrogen and oxygen atoms in total. The van der Waals surface area contributed by atoms with Crippen LogP contribution in [0.2, 0.25) is 0 Å². The number of aldehydes is 1. The molecule has 0 aliphatic heterocycles. The fourth-order valence-corrected chi connectivity index (χ4v) is 1.61. The molecular formula is C11H11BrO4. The van der Waals surface area contributed by atoms with E-state index in [4.69, 9.17) is 4.74 Å². The zero-order valence-corrected chi connectivity index (χ0v) is 10.5. The van der Waals surface area contributed by atoms with Crippen molar-refractivity contribution < 1.29 is 19.1 Å². The summed E-state index contributed by atoms with van der Waals surface area (Å²) in [5, 5.41) is 0. The lowest BCUT2D eigenvalue weighted by molar-refractivity contribution is -0.147. The predicted molar refractivity (Wildman–Crippen MR) is 61.6 cm³/mol. The van der Waals surface area contributed by atoms with Crippen LogP contribution in [0.3, 0.4) is 0 Å². The lowest BCUT2D eigenvalue weighted by Gasteiger charge is -2.14. The highest BCUT2D eigenvalue weighted by molar-refractivity contribution is 9.10. The van der Waals surface area contributed by atoms with E-state index in [1.807, 2.05) is 0 Å². The summed E-state index contributed by atoms with van der Waals surface area (Å²) < 4.78 is 10.5. The van der Waals surface area contributed by atoms with Crippen molar-refractivity contribution in [3.8, 4) is 5.75 Å². The lowest BCUT2D eigenvalue weighted by atomic mass is 10.2. The average molecular weight is 287 g/mol. The van der Waals surface area contributed by atoms with Gasteiger partial charge >= 0.3 is 5.97 Å². The highest BCUT2D eigenvalue weighted by Gasteiger charge is 2.18. The summed E-state index contributed by atoms with van der Waals surface area (Å²) in [4.78, 5) is 22.0. The van der Waals surface area contributed by atoms with Crippen molar-refractivity contribution in [1.29, 1.82) is 0 Å². The third-order valence-corrected chi connectivity index (χ3v) is 2.58. The molecule has 1 unspecified atom stereocenters. The van der Waals surface area contributed by atoms with Gasteiger partial charge in [0, 0.05) is 0 Å². The van der Waals surface area contributed by atoms with Crippen LogP contribution in [0.4, 0.5) is 0 Å². The van der Waals surface area contributed by atoms with E-state index in [0.717, 1.165) is 0 Å². The maximum atomic E-state index is 11.2. The quantitative estimate of drug-likeness (QED) is 0.629. The highest BCUT2D eigenvalue weighted by Crippen LogP contribution is 2.28. The standard InChI is InChI=1S/C11H11BrO4/c1-7(11(14)15-2)16-10-8(6-13)4-3-5-9(10)12/h3-7H,1-2H3. The third kappa shape index (κ3) is 2.82. The van der Waals surface area contributed by atoms with Gasteiger partial charge in [-0.05, 0) is 35.0 Å². The largest absolute Gasteiger partial charge is 0.477 e. The molecule has 86 valence electrons. The molecule has 1 aromatic rings. The Kier molecular flexibility index (Phi) is 4.49. The van der Waals surface area contributed by atoms with Gasteiger partial charge in [0.2, 0.25) is 0 Å². The molecule has 16 heavy (non-hydrogen) atoms. The normalized spacial score (nSPS) is 11.7. The fourth-order valence-electron chi connectivity index (χ4n) is 1.13. The van der Waals surface area contributed by atoms with Crippen LogP contribution in [0.5, 0.6) is 5.75 Å². The summed E-state index contributed by atoms with van der Waals surface area (Å²) in [5.74, 6) is -0.150. The number of para-hydroxylation sites is 1. The van der Waals surface area contributed by atoms with Crippen LogP contribution in [0.25, 0.3) is 0 Å². The number of esters is 1. The number of halogens is 1. The Morgan fingerprint density at radius 1 is 1.50 bits per heavy atom. The van der Waals surface area contributed by atoms with E-state index in [-0.39, 0.29) is 0 Å². The first-order valence-corrected chi connectivity index (χ1v) is 5.37. The van der Waals surface area contributed by atoms with Crippen LogP contribution >= 0.6 is 15.9 Å². The first-order valence-electron chi connectivity index (χ1n) is 4.58. The number of hydrogen-bond acceptors (Lipinski definition) is 4. The third-order valence-electron chi connectivity index (χ3n) is 1.95. The Morgan fingerprint density at radius 3 is 2.75 bits per heavy atom. The minimum atomic E-state index is -0.762. The van der Waals surface area contributed by atoms with Gasteiger partial charge in [-0.3, -0.25) is 4.79 Å². The zero-order chi connectivity index (χ0) is 12.1. The molecule has 1 atom stereocenters. The first-order chi connectivity index (χ1) is 7.60. The van der Waals surface area contributed by atoms with Crippen LogP contribution in [0.1, 0.15) is 17.3 Å². The number of rotatable bonds is 4. The molecule has 0 aromatic heterocycles. The summed E-state index contributed by atoms with van der Waals surface area (Å²) in [6.07, 6.45) is -0.0909. The molecule has 1 aromatic carbocycles. The van der Waals surface area contributed by atoms with Gasteiger partial charge < -0.3 is 9.47 Å². The van der Waals surface area contributed by atoms with Crippen molar-refractivity contribution >= 4 is 28.2 Å². The van der Waals surface area contributed by atoms with E-state index >= 15 is 0 Å². The molecule has 0 bridgehead atoms. The molecule has 0 aliphatic carbocycles. The van der Waals surface area contributed by atoms with Crippen LogP contribution in [-0.4, -0.2) is 25.5 Å². The molecule has 0 spiro atoms. The van der Waals surface area contributed by atoms with E-state index in [1.54, 1.807) is 25.1 Å². The summed E-state index contributed by atoms with van der Waals surface area (Å²) in [5.41, 5.74) is 0.380.